The van der Waals surface area contributed by atoms with Crippen molar-refractivity contribution < 1.29 is 4.39 Å². The summed E-state index contributed by atoms with van der Waals surface area (Å²) in [5.74, 6) is 1.01. The third-order valence-corrected chi connectivity index (χ3v) is 3.55. The second kappa shape index (κ2) is 5.84. The van der Waals surface area contributed by atoms with Crippen LogP contribution in [0.2, 0.25) is 0 Å². The van der Waals surface area contributed by atoms with Gasteiger partial charge >= 0.3 is 0 Å². The zero-order valence-electron chi connectivity index (χ0n) is 11.0. The highest BCUT2D eigenvalue weighted by Crippen LogP contribution is 2.28. The van der Waals surface area contributed by atoms with Crippen molar-refractivity contribution in [3.8, 4) is 11.3 Å². The molecule has 0 bridgehead atoms. The maximum atomic E-state index is 13.1. The topological polar surface area (TPSA) is 54.7 Å². The van der Waals surface area contributed by atoms with Crippen molar-refractivity contribution in [2.45, 2.75) is 26.3 Å². The van der Waals surface area contributed by atoms with Crippen LogP contribution in [0.4, 0.5) is 4.39 Å². The van der Waals surface area contributed by atoms with E-state index in [9.17, 15) is 4.39 Å². The van der Waals surface area contributed by atoms with Crippen LogP contribution in [0.1, 0.15) is 32.1 Å². The molecule has 2 rings (SSSR count). The average molecular weight is 326 g/mol. The number of H-pyrrole nitrogens is 1. The molecule has 0 radical (unpaired) electrons. The summed E-state index contributed by atoms with van der Waals surface area (Å²) in [6, 6.07) is 4.47. The number of hydrogen-bond donors (Lipinski definition) is 2. The van der Waals surface area contributed by atoms with Crippen molar-refractivity contribution in [3.63, 3.8) is 0 Å². The molecule has 0 aliphatic carbocycles. The molecule has 0 amide bonds. The van der Waals surface area contributed by atoms with Crippen molar-refractivity contribution in [1.82, 2.24) is 9.97 Å². The van der Waals surface area contributed by atoms with E-state index in [4.69, 9.17) is 5.73 Å². The van der Waals surface area contributed by atoms with Gasteiger partial charge in [0.25, 0.3) is 0 Å². The van der Waals surface area contributed by atoms with Gasteiger partial charge in [-0.15, -0.1) is 0 Å². The lowest BCUT2D eigenvalue weighted by Crippen LogP contribution is -2.14. The molecule has 1 heterocycles. The van der Waals surface area contributed by atoms with Gasteiger partial charge in [0.05, 0.1) is 17.9 Å². The van der Waals surface area contributed by atoms with E-state index in [0.717, 1.165) is 23.5 Å². The van der Waals surface area contributed by atoms with E-state index in [1.807, 2.05) is 0 Å². The minimum atomic E-state index is -0.271. The Morgan fingerprint density at radius 1 is 1.42 bits per heavy atom. The molecule has 1 aromatic carbocycles. The first-order valence-corrected chi connectivity index (χ1v) is 7.02. The van der Waals surface area contributed by atoms with Crippen molar-refractivity contribution in [1.29, 1.82) is 0 Å². The third-order valence-electron chi connectivity index (χ3n) is 2.89. The predicted molar refractivity (Wildman–Crippen MR) is 78.1 cm³/mol. The Morgan fingerprint density at radius 3 is 2.79 bits per heavy atom. The maximum absolute atomic E-state index is 13.1. The van der Waals surface area contributed by atoms with Gasteiger partial charge < -0.3 is 10.7 Å². The monoisotopic (exact) mass is 325 g/mol. The van der Waals surface area contributed by atoms with Crippen LogP contribution in [0.5, 0.6) is 0 Å². The second-order valence-corrected chi connectivity index (χ2v) is 5.90. The average Bonchev–Trinajstić information content (AvgIpc) is 2.77. The number of halogens is 2. The van der Waals surface area contributed by atoms with Crippen LogP contribution in [-0.2, 0) is 0 Å². The predicted octanol–water partition coefficient (Wildman–Crippen LogP) is 4.02. The van der Waals surface area contributed by atoms with E-state index in [2.05, 4.69) is 39.7 Å². The van der Waals surface area contributed by atoms with Gasteiger partial charge in [0.15, 0.2) is 0 Å². The molecule has 0 aliphatic rings. The van der Waals surface area contributed by atoms with Crippen LogP contribution in [0.15, 0.2) is 28.9 Å². The van der Waals surface area contributed by atoms with Crippen molar-refractivity contribution >= 4 is 15.9 Å². The van der Waals surface area contributed by atoms with E-state index in [-0.39, 0.29) is 11.9 Å². The summed E-state index contributed by atoms with van der Waals surface area (Å²) in [4.78, 5) is 7.52. The molecule has 1 atom stereocenters. The molecule has 0 spiro atoms. The Hall–Kier alpha value is -1.20. The SMILES string of the molecule is CC(C)CC(N)c1ncc(-c2ccc(F)cc2Br)[nH]1. The van der Waals surface area contributed by atoms with Crippen LogP contribution < -0.4 is 5.73 Å². The van der Waals surface area contributed by atoms with Gasteiger partial charge in [-0.3, -0.25) is 0 Å². The lowest BCUT2D eigenvalue weighted by atomic mass is 10.0. The summed E-state index contributed by atoms with van der Waals surface area (Å²) >= 11 is 3.35. The number of hydrogen-bond acceptors (Lipinski definition) is 2. The summed E-state index contributed by atoms with van der Waals surface area (Å²) in [7, 11) is 0. The molecule has 2 aromatic rings. The number of aromatic amines is 1. The molecule has 3 nitrogen and oxygen atoms in total. The first-order chi connectivity index (χ1) is 8.97. The highest BCUT2D eigenvalue weighted by molar-refractivity contribution is 9.10. The van der Waals surface area contributed by atoms with Crippen LogP contribution in [0.25, 0.3) is 11.3 Å². The van der Waals surface area contributed by atoms with Crippen LogP contribution >= 0.6 is 15.9 Å². The second-order valence-electron chi connectivity index (χ2n) is 5.04. The zero-order valence-corrected chi connectivity index (χ0v) is 12.5. The number of rotatable bonds is 4. The number of nitrogens with one attached hydrogen (secondary N) is 1. The number of benzene rings is 1. The first kappa shape index (κ1) is 14.2. The fourth-order valence-electron chi connectivity index (χ4n) is 1.99. The largest absolute Gasteiger partial charge is 0.341 e. The summed E-state index contributed by atoms with van der Waals surface area (Å²) < 4.78 is 13.8. The molecule has 102 valence electrons. The van der Waals surface area contributed by atoms with Gasteiger partial charge in [-0.05, 0) is 46.5 Å². The van der Waals surface area contributed by atoms with E-state index in [0.29, 0.717) is 10.4 Å². The number of aromatic nitrogens is 2. The molecule has 19 heavy (non-hydrogen) atoms. The molecular formula is C14H17BrFN3. The lowest BCUT2D eigenvalue weighted by Gasteiger charge is -2.11. The molecule has 1 unspecified atom stereocenters. The van der Waals surface area contributed by atoms with E-state index in [1.54, 1.807) is 12.3 Å². The van der Waals surface area contributed by atoms with Gasteiger partial charge in [-0.2, -0.15) is 0 Å². The zero-order chi connectivity index (χ0) is 14.0. The Bertz CT molecular complexity index is 566. The molecule has 0 aliphatic heterocycles. The molecule has 3 N–H and O–H groups in total. The molecule has 0 saturated heterocycles. The normalized spacial score (nSPS) is 12.9. The fourth-order valence-corrected chi connectivity index (χ4v) is 2.55. The number of imidazole rings is 1. The van der Waals surface area contributed by atoms with Crippen molar-refractivity contribution in [2.24, 2.45) is 11.7 Å². The Morgan fingerprint density at radius 2 is 2.16 bits per heavy atom. The molecule has 0 fully saturated rings. The highest BCUT2D eigenvalue weighted by atomic mass is 79.9. The van der Waals surface area contributed by atoms with Crippen LogP contribution in [0, 0.1) is 11.7 Å². The van der Waals surface area contributed by atoms with Crippen molar-refractivity contribution in [3.05, 3.63) is 40.5 Å². The quantitative estimate of drug-likeness (QED) is 0.891. The van der Waals surface area contributed by atoms with Crippen molar-refractivity contribution in [2.75, 3.05) is 0 Å². The molecule has 0 saturated carbocycles. The molecular weight excluding hydrogens is 309 g/mol. The van der Waals surface area contributed by atoms with Gasteiger partial charge in [-0.1, -0.05) is 13.8 Å². The van der Waals surface area contributed by atoms with Gasteiger partial charge in [0.2, 0.25) is 0 Å². The first-order valence-electron chi connectivity index (χ1n) is 6.23. The summed E-state index contributed by atoms with van der Waals surface area (Å²) in [5.41, 5.74) is 7.79. The van der Waals surface area contributed by atoms with Crippen LogP contribution in [0.3, 0.4) is 0 Å². The highest BCUT2D eigenvalue weighted by Gasteiger charge is 2.14. The molecule has 1 aromatic heterocycles. The van der Waals surface area contributed by atoms with E-state index in [1.165, 1.54) is 12.1 Å². The summed E-state index contributed by atoms with van der Waals surface area (Å²) in [5, 5.41) is 0. The smallest absolute Gasteiger partial charge is 0.124 e. The Balaban J connectivity index is 2.25. The maximum Gasteiger partial charge on any atom is 0.124 e. The lowest BCUT2D eigenvalue weighted by molar-refractivity contribution is 0.496. The number of nitrogens with two attached hydrogens (primary N) is 1. The summed E-state index contributed by atoms with van der Waals surface area (Å²) in [6.07, 6.45) is 2.60. The van der Waals surface area contributed by atoms with E-state index >= 15 is 0 Å². The van der Waals surface area contributed by atoms with Gasteiger partial charge in [0.1, 0.15) is 11.6 Å². The summed E-state index contributed by atoms with van der Waals surface area (Å²) in [6.45, 7) is 4.25. The van der Waals surface area contributed by atoms with E-state index < -0.39 is 0 Å². The Labute approximate surface area is 120 Å². The minimum Gasteiger partial charge on any atom is -0.341 e. The standard InChI is InChI=1S/C14H17BrFN3/c1-8(2)5-12(17)14-18-7-13(19-14)10-4-3-9(16)6-11(10)15/h3-4,6-8,12H,5,17H2,1-2H3,(H,18,19). The third kappa shape index (κ3) is 3.42. The number of nitrogens with zero attached hydrogens (tertiary/aromatic N) is 1. The minimum absolute atomic E-state index is 0.104. The fraction of sp³-hybridized carbons (Fsp3) is 0.357. The van der Waals surface area contributed by atoms with Crippen LogP contribution in [-0.4, -0.2) is 9.97 Å². The van der Waals surface area contributed by atoms with Gasteiger partial charge in [0, 0.05) is 10.0 Å². The van der Waals surface area contributed by atoms with Gasteiger partial charge in [-0.25, -0.2) is 9.37 Å². The molecule has 5 heteroatoms. The Kier molecular flexibility index (Phi) is 4.37.